The van der Waals surface area contributed by atoms with Crippen molar-refractivity contribution in [2.24, 2.45) is 0 Å². The Labute approximate surface area is 68.1 Å². The van der Waals surface area contributed by atoms with E-state index in [4.69, 9.17) is 0 Å². The first kappa shape index (κ1) is 9.54. The molecule has 0 bridgehead atoms. The van der Waals surface area contributed by atoms with Gasteiger partial charge >= 0.3 is 0 Å². The Morgan fingerprint density at radius 2 is 2.09 bits per heavy atom. The van der Waals surface area contributed by atoms with Gasteiger partial charge in [-0.25, -0.2) is 0 Å². The molecule has 1 nitrogen and oxygen atoms in total. The van der Waals surface area contributed by atoms with E-state index >= 15 is 0 Å². The van der Waals surface area contributed by atoms with Crippen LogP contribution in [-0.4, -0.2) is 6.54 Å². The average molecular weight is 147 g/mol. The molecule has 0 fully saturated rings. The minimum absolute atomic E-state index is 0.766. The van der Waals surface area contributed by atoms with Gasteiger partial charge in [0.2, 0.25) is 0 Å². The van der Waals surface area contributed by atoms with Crippen molar-refractivity contribution in [2.75, 3.05) is 6.54 Å². The van der Waals surface area contributed by atoms with Gasteiger partial charge in [-0.2, -0.15) is 0 Å². The van der Waals surface area contributed by atoms with Gasteiger partial charge in [-0.1, -0.05) is 31.4 Å². The van der Waals surface area contributed by atoms with E-state index in [1.807, 2.05) is 24.3 Å². The topological polar surface area (TPSA) is 12.0 Å². The molecule has 0 rings (SSSR count). The quantitative estimate of drug-likeness (QED) is 0.357. The zero-order valence-electron chi connectivity index (χ0n) is 6.59. The largest absolute Gasteiger partial charge is 0.387 e. The lowest BCUT2D eigenvalue weighted by Gasteiger charge is -1.86. The zero-order valence-corrected chi connectivity index (χ0v) is 6.59. The maximum absolute atomic E-state index is 3.54. The molecular formula is C10H13N. The molecule has 0 saturated heterocycles. The Balaban J connectivity index is 3.54. The predicted molar refractivity (Wildman–Crippen MR) is 50.2 cm³/mol. The fraction of sp³-hybridized carbons (Fsp3) is 0.100. The molecule has 0 aromatic carbocycles. The second-order valence-electron chi connectivity index (χ2n) is 1.77. The lowest BCUT2D eigenvalue weighted by atomic mass is 10.4. The Bertz CT molecular complexity index is 193. The van der Waals surface area contributed by atoms with Gasteiger partial charge in [0.15, 0.2) is 0 Å². The van der Waals surface area contributed by atoms with Crippen molar-refractivity contribution < 1.29 is 0 Å². The molecule has 0 amide bonds. The SMILES string of the molecule is C=C/C=C\C=C=CCNC=C. The van der Waals surface area contributed by atoms with Gasteiger partial charge in [-0.05, 0) is 18.4 Å². The van der Waals surface area contributed by atoms with Crippen LogP contribution in [0.1, 0.15) is 0 Å². The summed E-state index contributed by atoms with van der Waals surface area (Å²) >= 11 is 0. The fourth-order valence-electron chi connectivity index (χ4n) is 0.459. The lowest BCUT2D eigenvalue weighted by molar-refractivity contribution is 0.991. The fourth-order valence-corrected chi connectivity index (χ4v) is 0.459. The number of allylic oxidation sites excluding steroid dienone is 3. The summed E-state index contributed by atoms with van der Waals surface area (Å²) in [6.07, 6.45) is 10.8. The van der Waals surface area contributed by atoms with Gasteiger partial charge in [0.1, 0.15) is 0 Å². The van der Waals surface area contributed by atoms with Crippen molar-refractivity contribution in [3.8, 4) is 0 Å². The summed E-state index contributed by atoms with van der Waals surface area (Å²) < 4.78 is 0. The highest BCUT2D eigenvalue weighted by Gasteiger charge is 1.64. The van der Waals surface area contributed by atoms with E-state index in [-0.39, 0.29) is 0 Å². The Morgan fingerprint density at radius 3 is 2.73 bits per heavy atom. The second-order valence-corrected chi connectivity index (χ2v) is 1.77. The third-order valence-electron chi connectivity index (χ3n) is 0.922. The van der Waals surface area contributed by atoms with E-state index in [2.05, 4.69) is 24.2 Å². The molecule has 0 unspecified atom stereocenters. The normalized spacial score (nSPS) is 8.36. The van der Waals surface area contributed by atoms with Crippen molar-refractivity contribution in [1.82, 2.24) is 5.32 Å². The van der Waals surface area contributed by atoms with E-state index < -0.39 is 0 Å². The number of rotatable bonds is 5. The van der Waals surface area contributed by atoms with Gasteiger partial charge in [0, 0.05) is 6.54 Å². The van der Waals surface area contributed by atoms with Crippen molar-refractivity contribution in [3.05, 3.63) is 55.5 Å². The maximum Gasteiger partial charge on any atom is 0.0399 e. The number of hydrogen-bond donors (Lipinski definition) is 1. The minimum atomic E-state index is 0.766. The van der Waals surface area contributed by atoms with Crippen molar-refractivity contribution in [2.45, 2.75) is 0 Å². The Kier molecular flexibility index (Phi) is 7.41. The molecule has 0 aliphatic heterocycles. The van der Waals surface area contributed by atoms with Gasteiger partial charge in [0.25, 0.3) is 0 Å². The predicted octanol–water partition coefficient (Wildman–Crippen LogP) is 2.17. The molecule has 0 spiro atoms. The second kappa shape index (κ2) is 8.54. The van der Waals surface area contributed by atoms with E-state index in [1.165, 1.54) is 0 Å². The smallest absolute Gasteiger partial charge is 0.0399 e. The number of nitrogens with one attached hydrogen (secondary N) is 1. The summed E-state index contributed by atoms with van der Waals surface area (Å²) in [5.74, 6) is 0. The first-order chi connectivity index (χ1) is 5.41. The summed E-state index contributed by atoms with van der Waals surface area (Å²) in [6.45, 7) is 7.81. The van der Waals surface area contributed by atoms with Crippen LogP contribution in [0, 0.1) is 0 Å². The lowest BCUT2D eigenvalue weighted by Crippen LogP contribution is -2.01. The molecule has 0 saturated carbocycles. The zero-order chi connectivity index (χ0) is 8.36. The first-order valence-electron chi connectivity index (χ1n) is 3.44. The van der Waals surface area contributed by atoms with Crippen LogP contribution in [0.3, 0.4) is 0 Å². The molecule has 0 radical (unpaired) electrons. The van der Waals surface area contributed by atoms with Crippen LogP contribution in [0.15, 0.2) is 55.5 Å². The van der Waals surface area contributed by atoms with Crippen LogP contribution in [0.4, 0.5) is 0 Å². The van der Waals surface area contributed by atoms with E-state index in [1.54, 1.807) is 12.3 Å². The summed E-state index contributed by atoms with van der Waals surface area (Å²) in [5, 5.41) is 2.92. The van der Waals surface area contributed by atoms with Crippen LogP contribution < -0.4 is 5.32 Å². The molecule has 58 valence electrons. The highest BCUT2D eigenvalue weighted by atomic mass is 14.8. The minimum Gasteiger partial charge on any atom is -0.387 e. The molecule has 11 heavy (non-hydrogen) atoms. The van der Waals surface area contributed by atoms with Crippen LogP contribution in [0.2, 0.25) is 0 Å². The molecule has 0 aromatic rings. The molecular weight excluding hydrogens is 134 g/mol. The van der Waals surface area contributed by atoms with Crippen LogP contribution in [-0.2, 0) is 0 Å². The van der Waals surface area contributed by atoms with E-state index in [0.717, 1.165) is 6.54 Å². The molecule has 0 aliphatic carbocycles. The van der Waals surface area contributed by atoms with E-state index in [0.29, 0.717) is 0 Å². The summed E-state index contributed by atoms with van der Waals surface area (Å²) in [6, 6.07) is 0. The Morgan fingerprint density at radius 1 is 1.27 bits per heavy atom. The highest BCUT2D eigenvalue weighted by molar-refractivity contribution is 5.08. The van der Waals surface area contributed by atoms with Gasteiger partial charge in [0.05, 0.1) is 0 Å². The van der Waals surface area contributed by atoms with Crippen LogP contribution >= 0.6 is 0 Å². The molecule has 0 aliphatic rings. The van der Waals surface area contributed by atoms with E-state index in [9.17, 15) is 0 Å². The van der Waals surface area contributed by atoms with Crippen molar-refractivity contribution >= 4 is 0 Å². The van der Waals surface area contributed by atoms with Crippen molar-refractivity contribution in [3.63, 3.8) is 0 Å². The first-order valence-corrected chi connectivity index (χ1v) is 3.44. The summed E-state index contributed by atoms with van der Waals surface area (Å²) in [5.41, 5.74) is 2.96. The molecule has 1 heteroatoms. The molecule has 0 aromatic heterocycles. The maximum atomic E-state index is 3.54. The number of hydrogen-bond acceptors (Lipinski definition) is 1. The standard InChI is InChI=1S/C10H13N/c1-3-5-6-7-8-9-10-11-4-2/h3-7,9,11H,1-2,10H2/b6-5-. The summed E-state index contributed by atoms with van der Waals surface area (Å²) in [4.78, 5) is 0. The Hall–Kier alpha value is -1.46. The van der Waals surface area contributed by atoms with Crippen molar-refractivity contribution in [1.29, 1.82) is 0 Å². The molecule has 1 N–H and O–H groups in total. The van der Waals surface area contributed by atoms with Crippen LogP contribution in [0.5, 0.6) is 0 Å². The molecule has 0 heterocycles. The average Bonchev–Trinajstić information content (AvgIpc) is 2.03. The highest BCUT2D eigenvalue weighted by Crippen LogP contribution is 1.74. The van der Waals surface area contributed by atoms with Gasteiger partial charge in [-0.3, -0.25) is 0 Å². The van der Waals surface area contributed by atoms with Gasteiger partial charge < -0.3 is 5.32 Å². The third kappa shape index (κ3) is 8.54. The molecule has 0 atom stereocenters. The third-order valence-corrected chi connectivity index (χ3v) is 0.922. The summed E-state index contributed by atoms with van der Waals surface area (Å²) in [7, 11) is 0. The van der Waals surface area contributed by atoms with Gasteiger partial charge in [-0.15, -0.1) is 5.73 Å². The monoisotopic (exact) mass is 147 g/mol. The van der Waals surface area contributed by atoms with Crippen LogP contribution in [0.25, 0.3) is 0 Å².